The summed E-state index contributed by atoms with van der Waals surface area (Å²) in [4.78, 5) is 26.6. The molecule has 3 aromatic carbocycles. The molecule has 4 rings (SSSR count). The van der Waals surface area contributed by atoms with Gasteiger partial charge in [0.25, 0.3) is 11.8 Å². The molecule has 0 bridgehead atoms. The number of hydrogen-bond donors (Lipinski definition) is 4. The molecule has 2 amide bonds. The van der Waals surface area contributed by atoms with Crippen LogP contribution in [0.15, 0.2) is 54.6 Å². The Bertz CT molecular complexity index is 1180. The van der Waals surface area contributed by atoms with Crippen molar-refractivity contribution >= 4 is 23.2 Å². The summed E-state index contributed by atoms with van der Waals surface area (Å²) >= 11 is 0. The van der Waals surface area contributed by atoms with Gasteiger partial charge in [-0.15, -0.1) is 0 Å². The molecule has 0 atom stereocenters. The summed E-state index contributed by atoms with van der Waals surface area (Å²) in [5, 5.41) is 22.5. The van der Waals surface area contributed by atoms with Crippen LogP contribution in [-0.2, 0) is 13.1 Å². The Hall–Kier alpha value is -4.11. The molecule has 9 heteroatoms. The van der Waals surface area contributed by atoms with Gasteiger partial charge in [0.2, 0.25) is 0 Å². The Morgan fingerprint density at radius 1 is 0.871 bits per heavy atom. The average Bonchev–Trinajstić information content (AvgIpc) is 2.99. The van der Waals surface area contributed by atoms with Crippen LogP contribution in [0.2, 0.25) is 0 Å². The molecule has 0 saturated heterocycles. The molecular weight excluding hydrogens is 403 g/mol. The number of nitrogens with zero attached hydrogens (tertiary/aromatic N) is 2. The van der Waals surface area contributed by atoms with Crippen molar-refractivity contribution in [3.63, 3.8) is 0 Å². The molecule has 0 aromatic heterocycles. The summed E-state index contributed by atoms with van der Waals surface area (Å²) < 4.78 is 13.2. The van der Waals surface area contributed by atoms with E-state index in [1.54, 1.807) is 12.1 Å². The predicted octanol–water partition coefficient (Wildman–Crippen LogP) is 2.50. The number of hydrogen-bond acceptors (Lipinski definition) is 7. The zero-order valence-corrected chi connectivity index (χ0v) is 16.2. The minimum Gasteiger partial charge on any atom is -0.505 e. The predicted molar refractivity (Wildman–Crippen MR) is 112 cm³/mol. The number of imide groups is 1. The molecule has 1 heterocycles. The fourth-order valence-corrected chi connectivity index (χ4v) is 3.57. The molecule has 31 heavy (non-hydrogen) atoms. The minimum absolute atomic E-state index is 0.123. The van der Waals surface area contributed by atoms with Crippen LogP contribution in [0.3, 0.4) is 0 Å². The summed E-state index contributed by atoms with van der Waals surface area (Å²) in [5.41, 5.74) is 6.02. The summed E-state index contributed by atoms with van der Waals surface area (Å²) in [5.74, 6) is 2.76. The fourth-order valence-electron chi connectivity index (χ4n) is 3.57. The van der Waals surface area contributed by atoms with Crippen molar-refractivity contribution in [1.82, 2.24) is 4.90 Å². The highest BCUT2D eigenvalue weighted by molar-refractivity contribution is 6.25. The standard InChI is InChI=1S/C22H19FN4O4/c23-14-8-6-13(7-9-14)10-26-21(30)15-16(22(26)31)20(29)18(17(24)19(15)28)27(25)11-12-4-2-1-3-5-12/h1-9,28-29H,10-11,24-25H2. The van der Waals surface area contributed by atoms with E-state index in [1.807, 2.05) is 18.2 Å². The van der Waals surface area contributed by atoms with E-state index in [0.717, 1.165) is 15.5 Å². The van der Waals surface area contributed by atoms with E-state index in [-0.39, 0.29) is 35.6 Å². The third-order valence-electron chi connectivity index (χ3n) is 5.11. The number of phenolic OH excluding ortho intramolecular Hbond substituents is 2. The lowest BCUT2D eigenvalue weighted by Gasteiger charge is -2.23. The van der Waals surface area contributed by atoms with E-state index in [4.69, 9.17) is 11.6 Å². The van der Waals surface area contributed by atoms with Crippen molar-refractivity contribution in [2.24, 2.45) is 5.84 Å². The highest BCUT2D eigenvalue weighted by Gasteiger charge is 2.43. The topological polar surface area (TPSA) is 133 Å². The van der Waals surface area contributed by atoms with Crippen molar-refractivity contribution in [2.75, 3.05) is 10.7 Å². The van der Waals surface area contributed by atoms with Crippen molar-refractivity contribution in [3.8, 4) is 11.5 Å². The summed E-state index contributed by atoms with van der Waals surface area (Å²) in [7, 11) is 0. The zero-order chi connectivity index (χ0) is 22.3. The maximum Gasteiger partial charge on any atom is 0.265 e. The van der Waals surface area contributed by atoms with E-state index < -0.39 is 29.1 Å². The number of hydrazine groups is 1. The maximum atomic E-state index is 13.2. The number of amides is 2. The molecular formula is C22H19FN4O4. The lowest BCUT2D eigenvalue weighted by molar-refractivity contribution is 0.0641. The number of anilines is 2. The number of nitrogens with two attached hydrogens (primary N) is 2. The number of rotatable bonds is 5. The molecule has 3 aromatic rings. The molecule has 0 saturated carbocycles. The van der Waals surface area contributed by atoms with Gasteiger partial charge in [0, 0.05) is 0 Å². The first kappa shape index (κ1) is 20.2. The zero-order valence-electron chi connectivity index (χ0n) is 16.2. The normalized spacial score (nSPS) is 12.9. The highest BCUT2D eigenvalue weighted by Crippen LogP contribution is 2.48. The first-order valence-corrected chi connectivity index (χ1v) is 9.33. The molecule has 0 fully saturated rings. The first-order chi connectivity index (χ1) is 14.8. The Morgan fingerprint density at radius 2 is 1.45 bits per heavy atom. The summed E-state index contributed by atoms with van der Waals surface area (Å²) in [6, 6.07) is 14.3. The molecule has 8 nitrogen and oxygen atoms in total. The maximum absolute atomic E-state index is 13.2. The first-order valence-electron chi connectivity index (χ1n) is 9.33. The van der Waals surface area contributed by atoms with Crippen LogP contribution in [0.1, 0.15) is 31.8 Å². The third-order valence-corrected chi connectivity index (χ3v) is 5.11. The van der Waals surface area contributed by atoms with Gasteiger partial charge in [-0.1, -0.05) is 42.5 Å². The summed E-state index contributed by atoms with van der Waals surface area (Å²) in [6.07, 6.45) is 0. The van der Waals surface area contributed by atoms with Gasteiger partial charge < -0.3 is 21.0 Å². The van der Waals surface area contributed by atoms with E-state index in [2.05, 4.69) is 0 Å². The lowest BCUT2D eigenvalue weighted by atomic mass is 10.0. The van der Waals surface area contributed by atoms with Gasteiger partial charge in [-0.25, -0.2) is 10.2 Å². The van der Waals surface area contributed by atoms with Crippen LogP contribution in [0.4, 0.5) is 15.8 Å². The van der Waals surface area contributed by atoms with E-state index >= 15 is 0 Å². The smallest absolute Gasteiger partial charge is 0.265 e. The van der Waals surface area contributed by atoms with Gasteiger partial charge in [-0.3, -0.25) is 14.5 Å². The molecule has 0 spiro atoms. The van der Waals surface area contributed by atoms with Gasteiger partial charge in [0.05, 0.1) is 13.1 Å². The largest absolute Gasteiger partial charge is 0.505 e. The van der Waals surface area contributed by atoms with E-state index in [1.165, 1.54) is 24.3 Å². The van der Waals surface area contributed by atoms with Crippen LogP contribution in [0.5, 0.6) is 11.5 Å². The monoisotopic (exact) mass is 422 g/mol. The number of halogens is 1. The number of fused-ring (bicyclic) bond motifs is 1. The Kier molecular flexibility index (Phi) is 4.96. The van der Waals surface area contributed by atoms with Crippen molar-refractivity contribution in [3.05, 3.63) is 82.7 Å². The molecule has 6 N–H and O–H groups in total. The Morgan fingerprint density at radius 3 is 2.06 bits per heavy atom. The lowest BCUT2D eigenvalue weighted by Crippen LogP contribution is -2.31. The number of carbonyl (C=O) groups is 2. The number of benzene rings is 3. The highest BCUT2D eigenvalue weighted by atomic mass is 19.1. The Balaban J connectivity index is 1.72. The van der Waals surface area contributed by atoms with Crippen LogP contribution in [0.25, 0.3) is 0 Å². The number of carbonyl (C=O) groups excluding carboxylic acids is 2. The molecule has 0 aliphatic carbocycles. The van der Waals surface area contributed by atoms with Crippen LogP contribution >= 0.6 is 0 Å². The SMILES string of the molecule is Nc1c(O)c2c(c(O)c1N(N)Cc1ccccc1)C(=O)N(Cc1ccc(F)cc1)C2=O. The molecule has 0 radical (unpaired) electrons. The second kappa shape index (κ2) is 7.62. The average molecular weight is 422 g/mol. The van der Waals surface area contributed by atoms with Crippen molar-refractivity contribution in [2.45, 2.75) is 13.1 Å². The number of aromatic hydroxyl groups is 2. The van der Waals surface area contributed by atoms with Gasteiger partial charge in [0.15, 0.2) is 11.5 Å². The van der Waals surface area contributed by atoms with Crippen LogP contribution in [0, 0.1) is 5.82 Å². The van der Waals surface area contributed by atoms with Gasteiger partial charge >= 0.3 is 0 Å². The van der Waals surface area contributed by atoms with E-state index in [0.29, 0.717) is 5.56 Å². The van der Waals surface area contributed by atoms with Crippen molar-refractivity contribution < 1.29 is 24.2 Å². The summed E-state index contributed by atoms with van der Waals surface area (Å²) in [6.45, 7) is -0.0463. The minimum atomic E-state index is -0.818. The van der Waals surface area contributed by atoms with E-state index in [9.17, 15) is 24.2 Å². The van der Waals surface area contributed by atoms with Gasteiger partial charge in [-0.2, -0.15) is 0 Å². The fraction of sp³-hybridized carbons (Fsp3) is 0.0909. The number of nitrogen functional groups attached to an aromatic ring is 1. The Labute approximate surface area is 176 Å². The molecule has 1 aliphatic heterocycles. The quantitative estimate of drug-likeness (QED) is 0.124. The van der Waals surface area contributed by atoms with Crippen molar-refractivity contribution in [1.29, 1.82) is 0 Å². The number of phenols is 2. The van der Waals surface area contributed by atoms with Crippen LogP contribution in [-0.4, -0.2) is 26.9 Å². The van der Waals surface area contributed by atoms with Crippen LogP contribution < -0.4 is 16.6 Å². The molecule has 0 unspecified atom stereocenters. The second-order valence-electron chi connectivity index (χ2n) is 7.15. The second-order valence-corrected chi connectivity index (χ2v) is 7.15. The molecule has 158 valence electrons. The van der Waals surface area contributed by atoms with Gasteiger partial charge in [-0.05, 0) is 23.3 Å². The van der Waals surface area contributed by atoms with Gasteiger partial charge in [0.1, 0.15) is 28.3 Å². The molecule has 1 aliphatic rings. The third kappa shape index (κ3) is 3.40.